The van der Waals surface area contributed by atoms with Gasteiger partial charge in [0.15, 0.2) is 0 Å². The van der Waals surface area contributed by atoms with Crippen molar-refractivity contribution in [3.63, 3.8) is 0 Å². The Labute approximate surface area is 114 Å². The Morgan fingerprint density at radius 2 is 1.95 bits per heavy atom. The van der Waals surface area contributed by atoms with Crippen LogP contribution >= 0.6 is 15.9 Å². The highest BCUT2D eigenvalue weighted by molar-refractivity contribution is 9.10. The monoisotopic (exact) mass is 339 g/mol. The molecule has 1 rings (SSSR count). The number of carbonyl (C=O) groups is 2. The van der Waals surface area contributed by atoms with E-state index in [4.69, 9.17) is 5.11 Å². The van der Waals surface area contributed by atoms with Gasteiger partial charge in [-0.25, -0.2) is 4.79 Å². The first-order valence-corrected chi connectivity index (χ1v) is 5.88. The van der Waals surface area contributed by atoms with Crippen molar-refractivity contribution >= 4 is 27.8 Å². The molecule has 4 nitrogen and oxygen atoms in total. The molecule has 19 heavy (non-hydrogen) atoms. The second kappa shape index (κ2) is 6.05. The van der Waals surface area contributed by atoms with E-state index in [9.17, 15) is 22.8 Å². The maximum atomic E-state index is 11.9. The lowest BCUT2D eigenvalue weighted by Crippen LogP contribution is -2.37. The first-order valence-electron chi connectivity index (χ1n) is 5.08. The fourth-order valence-corrected chi connectivity index (χ4v) is 1.76. The Kier molecular flexibility index (Phi) is 4.93. The van der Waals surface area contributed by atoms with Crippen LogP contribution < -0.4 is 5.32 Å². The number of rotatable bonds is 4. The van der Waals surface area contributed by atoms with Crippen LogP contribution in [0.4, 0.5) is 13.2 Å². The molecular formula is C11H9BrF3NO3. The normalized spacial score (nSPS) is 11.2. The number of carboxylic acids is 1. The van der Waals surface area contributed by atoms with Crippen LogP contribution in [0.1, 0.15) is 15.9 Å². The van der Waals surface area contributed by atoms with Crippen molar-refractivity contribution in [2.75, 3.05) is 6.54 Å². The second-order valence-electron chi connectivity index (χ2n) is 3.62. The van der Waals surface area contributed by atoms with Gasteiger partial charge in [0.1, 0.15) is 0 Å². The molecule has 0 saturated heterocycles. The molecule has 104 valence electrons. The van der Waals surface area contributed by atoms with Crippen LogP contribution in [0.3, 0.4) is 0 Å². The largest absolute Gasteiger partial charge is 0.478 e. The van der Waals surface area contributed by atoms with Crippen LogP contribution in [0.2, 0.25) is 0 Å². The highest BCUT2D eigenvalue weighted by Crippen LogP contribution is 2.19. The standard InChI is InChI=1S/C11H9BrF3NO3/c12-8-2-1-7(9(17)18)5-6(8)3-4-16-10(19)11(13,14)15/h1-2,5H,3-4H2,(H,16,19)(H,17,18). The molecule has 0 heterocycles. The molecule has 0 atom stereocenters. The molecule has 0 fully saturated rings. The molecule has 0 aliphatic carbocycles. The van der Waals surface area contributed by atoms with Crippen molar-refractivity contribution in [2.45, 2.75) is 12.6 Å². The van der Waals surface area contributed by atoms with Crippen LogP contribution in [-0.4, -0.2) is 29.7 Å². The maximum Gasteiger partial charge on any atom is 0.471 e. The summed E-state index contributed by atoms with van der Waals surface area (Å²) in [5.41, 5.74) is 0.530. The van der Waals surface area contributed by atoms with E-state index in [2.05, 4.69) is 15.9 Å². The smallest absolute Gasteiger partial charge is 0.471 e. The topological polar surface area (TPSA) is 66.4 Å². The molecule has 1 aromatic carbocycles. The summed E-state index contributed by atoms with van der Waals surface area (Å²) in [6, 6.07) is 4.20. The first kappa shape index (κ1) is 15.5. The van der Waals surface area contributed by atoms with Gasteiger partial charge < -0.3 is 10.4 Å². The van der Waals surface area contributed by atoms with E-state index < -0.39 is 18.1 Å². The molecule has 1 amide bonds. The molecule has 0 aliphatic rings. The lowest BCUT2D eigenvalue weighted by Gasteiger charge is -2.09. The van der Waals surface area contributed by atoms with E-state index >= 15 is 0 Å². The van der Waals surface area contributed by atoms with Gasteiger partial charge in [-0.3, -0.25) is 4.79 Å². The van der Waals surface area contributed by atoms with Crippen LogP contribution in [0.25, 0.3) is 0 Å². The molecule has 0 saturated carbocycles. The Balaban J connectivity index is 2.65. The lowest BCUT2D eigenvalue weighted by atomic mass is 10.1. The molecule has 1 aromatic rings. The van der Waals surface area contributed by atoms with Crippen molar-refractivity contribution in [3.8, 4) is 0 Å². The summed E-state index contributed by atoms with van der Waals surface area (Å²) < 4.78 is 36.3. The molecule has 0 aliphatic heterocycles. The van der Waals surface area contributed by atoms with E-state index in [-0.39, 0.29) is 18.5 Å². The number of hydrogen-bond acceptors (Lipinski definition) is 2. The molecular weight excluding hydrogens is 331 g/mol. The maximum absolute atomic E-state index is 11.9. The van der Waals surface area contributed by atoms with E-state index in [1.54, 1.807) is 5.32 Å². The molecule has 8 heteroatoms. The number of halogens is 4. The quantitative estimate of drug-likeness (QED) is 0.884. The number of aromatic carboxylic acids is 1. The average Bonchev–Trinajstić information content (AvgIpc) is 2.29. The van der Waals surface area contributed by atoms with E-state index in [1.807, 2.05) is 0 Å². The van der Waals surface area contributed by atoms with Crippen molar-refractivity contribution in [3.05, 3.63) is 33.8 Å². The third kappa shape index (κ3) is 4.55. The van der Waals surface area contributed by atoms with Crippen molar-refractivity contribution in [2.24, 2.45) is 0 Å². The van der Waals surface area contributed by atoms with E-state index in [0.717, 1.165) is 0 Å². The summed E-state index contributed by atoms with van der Waals surface area (Å²) in [6.07, 6.45) is -4.83. The molecule has 2 N–H and O–H groups in total. The van der Waals surface area contributed by atoms with Crippen LogP contribution in [0, 0.1) is 0 Å². The van der Waals surface area contributed by atoms with Gasteiger partial charge in [0.05, 0.1) is 5.56 Å². The van der Waals surface area contributed by atoms with E-state index in [1.165, 1.54) is 18.2 Å². The Morgan fingerprint density at radius 1 is 1.32 bits per heavy atom. The average molecular weight is 340 g/mol. The lowest BCUT2D eigenvalue weighted by molar-refractivity contribution is -0.173. The first-order chi connectivity index (χ1) is 8.71. The zero-order valence-electron chi connectivity index (χ0n) is 9.42. The molecule has 0 radical (unpaired) electrons. The van der Waals surface area contributed by atoms with Gasteiger partial charge in [-0.2, -0.15) is 13.2 Å². The Hall–Kier alpha value is -1.57. The highest BCUT2D eigenvalue weighted by atomic mass is 79.9. The number of hydrogen-bond donors (Lipinski definition) is 2. The number of benzene rings is 1. The van der Waals surface area contributed by atoms with Gasteiger partial charge in [-0.05, 0) is 30.2 Å². The fraction of sp³-hybridized carbons (Fsp3) is 0.273. The summed E-state index contributed by atoms with van der Waals surface area (Å²) in [6.45, 7) is -0.236. The zero-order chi connectivity index (χ0) is 14.6. The third-order valence-electron chi connectivity index (χ3n) is 2.23. The van der Waals surface area contributed by atoms with Crippen molar-refractivity contribution < 1.29 is 27.9 Å². The van der Waals surface area contributed by atoms with Crippen LogP contribution in [0.5, 0.6) is 0 Å². The molecule has 0 unspecified atom stereocenters. The van der Waals surface area contributed by atoms with E-state index in [0.29, 0.717) is 10.0 Å². The van der Waals surface area contributed by atoms with Gasteiger partial charge in [-0.15, -0.1) is 0 Å². The number of carboxylic acid groups (broad SMARTS) is 1. The Morgan fingerprint density at radius 3 is 2.47 bits per heavy atom. The predicted molar refractivity (Wildman–Crippen MR) is 63.9 cm³/mol. The van der Waals surface area contributed by atoms with Crippen molar-refractivity contribution in [1.29, 1.82) is 0 Å². The van der Waals surface area contributed by atoms with Gasteiger partial charge in [0.2, 0.25) is 0 Å². The minimum absolute atomic E-state index is 0.0281. The highest BCUT2D eigenvalue weighted by Gasteiger charge is 2.38. The van der Waals surface area contributed by atoms with Crippen LogP contribution in [0.15, 0.2) is 22.7 Å². The molecule has 0 aromatic heterocycles. The van der Waals surface area contributed by atoms with Crippen molar-refractivity contribution in [1.82, 2.24) is 5.32 Å². The number of nitrogens with one attached hydrogen (secondary N) is 1. The van der Waals surface area contributed by atoms with Gasteiger partial charge >= 0.3 is 18.1 Å². The summed E-state index contributed by atoms with van der Waals surface area (Å²) in [7, 11) is 0. The number of alkyl halides is 3. The van der Waals surface area contributed by atoms with Crippen LogP contribution in [-0.2, 0) is 11.2 Å². The minimum atomic E-state index is -4.92. The summed E-state index contributed by atoms with van der Waals surface area (Å²) in [5.74, 6) is -3.15. The summed E-state index contributed by atoms with van der Waals surface area (Å²) in [4.78, 5) is 21.3. The predicted octanol–water partition coefficient (Wildman–Crippen LogP) is 2.37. The molecule has 0 spiro atoms. The SMILES string of the molecule is O=C(O)c1ccc(Br)c(CCNC(=O)C(F)(F)F)c1. The third-order valence-corrected chi connectivity index (χ3v) is 3.00. The number of amides is 1. The number of carbonyl (C=O) groups excluding carboxylic acids is 1. The van der Waals surface area contributed by atoms with Gasteiger partial charge in [0, 0.05) is 11.0 Å². The summed E-state index contributed by atoms with van der Waals surface area (Å²) >= 11 is 3.16. The Bertz CT molecular complexity index is 502. The zero-order valence-corrected chi connectivity index (χ0v) is 11.0. The van der Waals surface area contributed by atoms with Gasteiger partial charge in [-0.1, -0.05) is 15.9 Å². The van der Waals surface area contributed by atoms with Gasteiger partial charge in [0.25, 0.3) is 0 Å². The molecule has 0 bridgehead atoms. The summed E-state index contributed by atoms with van der Waals surface area (Å²) in [5, 5.41) is 10.5. The fourth-order valence-electron chi connectivity index (χ4n) is 1.31. The second-order valence-corrected chi connectivity index (χ2v) is 4.47. The minimum Gasteiger partial charge on any atom is -0.478 e.